The Morgan fingerprint density at radius 2 is 1.91 bits per heavy atom. The fraction of sp³-hybridized carbons (Fsp3) is 0.0625. The van der Waals surface area contributed by atoms with E-state index >= 15 is 0 Å². The van der Waals surface area contributed by atoms with Crippen molar-refractivity contribution in [2.24, 2.45) is 0 Å². The molecule has 1 heterocycles. The van der Waals surface area contributed by atoms with Crippen molar-refractivity contribution in [3.63, 3.8) is 0 Å². The van der Waals surface area contributed by atoms with E-state index in [0.717, 1.165) is 11.8 Å². The van der Waals surface area contributed by atoms with E-state index in [4.69, 9.17) is 23.8 Å². The van der Waals surface area contributed by atoms with Gasteiger partial charge in [-0.15, -0.1) is 0 Å². The van der Waals surface area contributed by atoms with Gasteiger partial charge in [-0.1, -0.05) is 29.8 Å². The van der Waals surface area contributed by atoms with Crippen LogP contribution < -0.4 is 5.56 Å². The standard InChI is InChI=1S/C16H11ClN2O2S/c17-12-4-1-10(2-5-12)8-19-15(21)13-6-3-11(9-20)7-14(13)18-16(19)22/h1-7,9H,8H2,(H,18,22). The molecule has 0 atom stereocenters. The lowest BCUT2D eigenvalue weighted by molar-refractivity contribution is 0.112. The van der Waals surface area contributed by atoms with E-state index in [9.17, 15) is 9.59 Å². The smallest absolute Gasteiger partial charge is 0.262 e. The summed E-state index contributed by atoms with van der Waals surface area (Å²) in [5.41, 5.74) is 1.79. The van der Waals surface area contributed by atoms with Gasteiger partial charge in [-0.2, -0.15) is 0 Å². The summed E-state index contributed by atoms with van der Waals surface area (Å²) in [6.07, 6.45) is 0.732. The van der Waals surface area contributed by atoms with Crippen LogP contribution in [0.25, 0.3) is 10.9 Å². The quantitative estimate of drug-likeness (QED) is 0.590. The molecule has 6 heteroatoms. The van der Waals surface area contributed by atoms with Gasteiger partial charge in [-0.05, 0) is 42.0 Å². The van der Waals surface area contributed by atoms with E-state index in [-0.39, 0.29) is 5.56 Å². The van der Waals surface area contributed by atoms with Crippen LogP contribution in [0.3, 0.4) is 0 Å². The molecule has 3 rings (SSSR count). The predicted octanol–water partition coefficient (Wildman–Crippen LogP) is 3.57. The van der Waals surface area contributed by atoms with E-state index in [0.29, 0.717) is 32.8 Å². The minimum Gasteiger partial charge on any atom is -0.332 e. The van der Waals surface area contributed by atoms with Gasteiger partial charge >= 0.3 is 0 Å². The molecular formula is C16H11ClN2O2S. The molecule has 0 amide bonds. The van der Waals surface area contributed by atoms with Crippen molar-refractivity contribution in [3.05, 3.63) is 73.7 Å². The molecule has 3 aromatic rings. The van der Waals surface area contributed by atoms with E-state index in [1.165, 1.54) is 4.57 Å². The SMILES string of the molecule is O=Cc1ccc2c(=O)n(Cc3ccc(Cl)cc3)c(=S)[nH]c2c1. The van der Waals surface area contributed by atoms with Gasteiger partial charge in [0.25, 0.3) is 5.56 Å². The lowest BCUT2D eigenvalue weighted by atomic mass is 10.1. The Hall–Kier alpha value is -2.24. The van der Waals surface area contributed by atoms with E-state index in [1.807, 2.05) is 12.1 Å². The highest BCUT2D eigenvalue weighted by Crippen LogP contribution is 2.12. The third-order valence-electron chi connectivity index (χ3n) is 3.40. The van der Waals surface area contributed by atoms with Crippen molar-refractivity contribution < 1.29 is 4.79 Å². The summed E-state index contributed by atoms with van der Waals surface area (Å²) < 4.78 is 1.80. The maximum Gasteiger partial charge on any atom is 0.262 e. The molecule has 0 saturated carbocycles. The van der Waals surface area contributed by atoms with E-state index < -0.39 is 0 Å². The van der Waals surface area contributed by atoms with Crippen LogP contribution in [0.5, 0.6) is 0 Å². The molecular weight excluding hydrogens is 320 g/mol. The number of hydrogen-bond donors (Lipinski definition) is 1. The Kier molecular flexibility index (Phi) is 3.92. The zero-order valence-corrected chi connectivity index (χ0v) is 12.9. The van der Waals surface area contributed by atoms with E-state index in [2.05, 4.69) is 4.98 Å². The zero-order valence-electron chi connectivity index (χ0n) is 11.4. The number of carbonyl (C=O) groups excluding carboxylic acids is 1. The summed E-state index contributed by atoms with van der Waals surface area (Å²) in [7, 11) is 0. The first-order valence-electron chi connectivity index (χ1n) is 6.55. The third kappa shape index (κ3) is 2.73. The molecule has 1 N–H and O–H groups in total. The summed E-state index contributed by atoms with van der Waals surface area (Å²) >= 11 is 11.1. The molecule has 0 fully saturated rings. The van der Waals surface area contributed by atoms with Crippen molar-refractivity contribution >= 4 is 41.0 Å². The number of aromatic amines is 1. The molecule has 4 nitrogen and oxygen atoms in total. The number of hydrogen-bond acceptors (Lipinski definition) is 3. The minimum atomic E-state index is -0.189. The van der Waals surface area contributed by atoms with Crippen molar-refractivity contribution in [1.29, 1.82) is 0 Å². The Bertz CT molecular complexity index is 974. The van der Waals surface area contributed by atoms with Crippen LogP contribution in [-0.2, 0) is 6.54 Å². The molecule has 110 valence electrons. The van der Waals surface area contributed by atoms with Gasteiger partial charge in [0, 0.05) is 10.6 Å². The molecule has 0 saturated heterocycles. The summed E-state index contributed by atoms with van der Waals surface area (Å²) in [4.78, 5) is 26.4. The van der Waals surface area contributed by atoms with Crippen LogP contribution in [0.4, 0.5) is 0 Å². The van der Waals surface area contributed by atoms with Gasteiger partial charge in [0.1, 0.15) is 6.29 Å². The van der Waals surface area contributed by atoms with Gasteiger partial charge in [0.2, 0.25) is 0 Å². The summed E-state index contributed by atoms with van der Waals surface area (Å²) in [6.45, 7) is 0.358. The summed E-state index contributed by atoms with van der Waals surface area (Å²) in [5.74, 6) is 0. The number of nitrogens with one attached hydrogen (secondary N) is 1. The third-order valence-corrected chi connectivity index (χ3v) is 3.97. The van der Waals surface area contributed by atoms with Crippen LogP contribution in [0.1, 0.15) is 15.9 Å². The maximum atomic E-state index is 12.6. The van der Waals surface area contributed by atoms with Crippen LogP contribution in [0, 0.1) is 4.77 Å². The average molecular weight is 331 g/mol. The molecule has 2 aromatic carbocycles. The molecule has 0 bridgehead atoms. The highest BCUT2D eigenvalue weighted by Gasteiger charge is 2.07. The number of nitrogens with zero attached hydrogens (tertiary/aromatic N) is 1. The molecule has 0 radical (unpaired) electrons. The largest absolute Gasteiger partial charge is 0.332 e. The van der Waals surface area contributed by atoms with Gasteiger partial charge in [-0.3, -0.25) is 14.2 Å². The molecule has 22 heavy (non-hydrogen) atoms. The molecule has 0 aliphatic rings. The Balaban J connectivity index is 2.14. The van der Waals surface area contributed by atoms with Crippen molar-refractivity contribution in [1.82, 2.24) is 9.55 Å². The average Bonchev–Trinajstić information content (AvgIpc) is 2.52. The Morgan fingerprint density at radius 1 is 1.18 bits per heavy atom. The monoisotopic (exact) mass is 330 g/mol. The lowest BCUT2D eigenvalue weighted by Gasteiger charge is -2.08. The molecule has 0 aliphatic carbocycles. The molecule has 0 spiro atoms. The fourth-order valence-corrected chi connectivity index (χ4v) is 2.64. The lowest BCUT2D eigenvalue weighted by Crippen LogP contribution is -2.22. The molecule has 0 unspecified atom stereocenters. The number of halogens is 1. The number of fused-ring (bicyclic) bond motifs is 1. The molecule has 0 aliphatic heterocycles. The zero-order chi connectivity index (χ0) is 15.7. The normalized spacial score (nSPS) is 10.8. The number of benzene rings is 2. The number of H-pyrrole nitrogens is 1. The van der Waals surface area contributed by atoms with Crippen LogP contribution >= 0.6 is 23.8 Å². The van der Waals surface area contributed by atoms with Crippen LogP contribution in [0.15, 0.2) is 47.3 Å². The first-order valence-corrected chi connectivity index (χ1v) is 7.33. The van der Waals surface area contributed by atoms with Crippen molar-refractivity contribution in [2.45, 2.75) is 6.54 Å². The number of aldehydes is 1. The summed E-state index contributed by atoms with van der Waals surface area (Å²) in [6, 6.07) is 12.1. The highest BCUT2D eigenvalue weighted by molar-refractivity contribution is 7.71. The minimum absolute atomic E-state index is 0.189. The first-order chi connectivity index (χ1) is 10.6. The van der Waals surface area contributed by atoms with Crippen LogP contribution in [0.2, 0.25) is 5.02 Å². The topological polar surface area (TPSA) is 54.9 Å². The number of aromatic nitrogens is 2. The second-order valence-electron chi connectivity index (χ2n) is 4.87. The van der Waals surface area contributed by atoms with Gasteiger partial charge < -0.3 is 4.98 Å². The number of carbonyl (C=O) groups is 1. The van der Waals surface area contributed by atoms with Gasteiger partial charge in [-0.25, -0.2) is 0 Å². The maximum absolute atomic E-state index is 12.6. The van der Waals surface area contributed by atoms with Gasteiger partial charge in [0.05, 0.1) is 17.4 Å². The van der Waals surface area contributed by atoms with E-state index in [1.54, 1.807) is 30.3 Å². The van der Waals surface area contributed by atoms with Crippen LogP contribution in [-0.4, -0.2) is 15.8 Å². The van der Waals surface area contributed by atoms with Crippen molar-refractivity contribution in [3.8, 4) is 0 Å². The Labute approximate surface area is 136 Å². The Morgan fingerprint density at radius 3 is 2.59 bits per heavy atom. The fourth-order valence-electron chi connectivity index (χ4n) is 2.26. The predicted molar refractivity (Wildman–Crippen MR) is 89.3 cm³/mol. The van der Waals surface area contributed by atoms with Gasteiger partial charge in [0.15, 0.2) is 4.77 Å². The number of rotatable bonds is 3. The second kappa shape index (κ2) is 5.87. The van der Waals surface area contributed by atoms with Crippen molar-refractivity contribution in [2.75, 3.05) is 0 Å². The highest BCUT2D eigenvalue weighted by atomic mass is 35.5. The summed E-state index contributed by atoms with van der Waals surface area (Å²) in [5, 5.41) is 1.13. The first kappa shape index (κ1) is 14.7. The second-order valence-corrected chi connectivity index (χ2v) is 5.69. The molecule has 1 aromatic heterocycles.